The molecule has 3 N–H and O–H groups in total. The molecule has 0 saturated carbocycles. The predicted octanol–water partition coefficient (Wildman–Crippen LogP) is 2.87. The van der Waals surface area contributed by atoms with Crippen molar-refractivity contribution in [3.8, 4) is 11.1 Å². The Kier molecular flexibility index (Phi) is 5.22. The van der Waals surface area contributed by atoms with Gasteiger partial charge in [-0.05, 0) is 16.7 Å². The summed E-state index contributed by atoms with van der Waals surface area (Å²) in [6.45, 7) is 1.21. The van der Waals surface area contributed by atoms with Crippen LogP contribution in [0.2, 0.25) is 0 Å². The molecule has 0 fully saturated rings. The fourth-order valence-electron chi connectivity index (χ4n) is 2.93. The maximum absolute atomic E-state index is 11.9. The molecule has 25 heavy (non-hydrogen) atoms. The van der Waals surface area contributed by atoms with Crippen molar-refractivity contribution in [2.24, 2.45) is 5.92 Å². The quantitative estimate of drug-likeness (QED) is 0.713. The zero-order valence-electron chi connectivity index (χ0n) is 13.5. The van der Waals surface area contributed by atoms with Crippen LogP contribution in [0.5, 0.6) is 0 Å². The van der Waals surface area contributed by atoms with E-state index in [0.29, 0.717) is 0 Å². The van der Waals surface area contributed by atoms with Gasteiger partial charge in [-0.3, -0.25) is 14.4 Å². The van der Waals surface area contributed by atoms with E-state index < -0.39 is 35.7 Å². The molecular weight excluding hydrogens is 324 g/mol. The molecule has 0 bridgehead atoms. The van der Waals surface area contributed by atoms with E-state index in [1.165, 1.54) is 19.1 Å². The van der Waals surface area contributed by atoms with E-state index in [0.717, 1.165) is 11.1 Å². The van der Waals surface area contributed by atoms with Crippen molar-refractivity contribution in [2.75, 3.05) is 0 Å². The van der Waals surface area contributed by atoms with Gasteiger partial charge in [-0.2, -0.15) is 0 Å². The first-order chi connectivity index (χ1) is 11.8. The summed E-state index contributed by atoms with van der Waals surface area (Å²) in [4.78, 5) is 34.6. The van der Waals surface area contributed by atoms with Crippen LogP contribution in [0, 0.1) is 5.92 Å². The molecule has 0 heterocycles. The van der Waals surface area contributed by atoms with Gasteiger partial charge in [0.1, 0.15) is 5.41 Å². The van der Waals surface area contributed by atoms with Gasteiger partial charge < -0.3 is 15.3 Å². The maximum atomic E-state index is 11.9. The van der Waals surface area contributed by atoms with Gasteiger partial charge >= 0.3 is 17.9 Å². The molecule has 2 aromatic rings. The number of benzene rings is 2. The summed E-state index contributed by atoms with van der Waals surface area (Å²) in [7, 11) is 0. The Bertz CT molecular complexity index is 781. The van der Waals surface area contributed by atoms with Crippen LogP contribution in [0.25, 0.3) is 11.1 Å². The Labute approximate surface area is 144 Å². The fraction of sp³-hybridized carbons (Fsp3) is 0.211. The maximum Gasteiger partial charge on any atom is 0.315 e. The zero-order valence-corrected chi connectivity index (χ0v) is 13.5. The molecule has 0 radical (unpaired) electrons. The summed E-state index contributed by atoms with van der Waals surface area (Å²) in [6, 6.07) is 15.7. The Hall–Kier alpha value is -3.15. The molecule has 0 saturated heterocycles. The number of carbonyl (C=O) groups is 3. The highest BCUT2D eigenvalue weighted by Gasteiger charge is 2.50. The lowest BCUT2D eigenvalue weighted by Gasteiger charge is -2.32. The Morgan fingerprint density at radius 1 is 0.880 bits per heavy atom. The highest BCUT2D eigenvalue weighted by Crippen LogP contribution is 2.38. The summed E-state index contributed by atoms with van der Waals surface area (Å²) < 4.78 is 0. The third kappa shape index (κ3) is 3.52. The van der Waals surface area contributed by atoms with Crippen molar-refractivity contribution in [3.63, 3.8) is 0 Å². The van der Waals surface area contributed by atoms with Gasteiger partial charge in [-0.25, -0.2) is 0 Å². The second-order valence-electron chi connectivity index (χ2n) is 5.85. The smallest absolute Gasteiger partial charge is 0.315 e. The van der Waals surface area contributed by atoms with Gasteiger partial charge in [0.05, 0.1) is 12.3 Å². The van der Waals surface area contributed by atoms with Crippen molar-refractivity contribution in [2.45, 2.75) is 18.8 Å². The summed E-state index contributed by atoms with van der Waals surface area (Å²) >= 11 is 0. The average molecular weight is 342 g/mol. The fourth-order valence-corrected chi connectivity index (χ4v) is 2.93. The van der Waals surface area contributed by atoms with Crippen molar-refractivity contribution in [3.05, 3.63) is 60.2 Å². The van der Waals surface area contributed by atoms with Gasteiger partial charge in [-0.1, -0.05) is 61.5 Å². The number of hydrogen-bond acceptors (Lipinski definition) is 3. The van der Waals surface area contributed by atoms with Gasteiger partial charge in [-0.15, -0.1) is 0 Å². The highest BCUT2D eigenvalue weighted by atomic mass is 16.4. The molecule has 0 aliphatic heterocycles. The van der Waals surface area contributed by atoms with Crippen LogP contribution in [0.15, 0.2) is 54.6 Å². The lowest BCUT2D eigenvalue weighted by atomic mass is 9.68. The topological polar surface area (TPSA) is 112 Å². The third-order valence-electron chi connectivity index (χ3n) is 4.43. The first-order valence-corrected chi connectivity index (χ1v) is 7.63. The lowest BCUT2D eigenvalue weighted by molar-refractivity contribution is -0.159. The number of rotatable bonds is 7. The lowest BCUT2D eigenvalue weighted by Crippen LogP contribution is -2.47. The molecule has 0 aliphatic carbocycles. The Morgan fingerprint density at radius 2 is 1.40 bits per heavy atom. The van der Waals surface area contributed by atoms with Gasteiger partial charge in [0.25, 0.3) is 0 Å². The molecule has 0 aliphatic rings. The molecule has 2 aromatic carbocycles. The largest absolute Gasteiger partial charge is 0.481 e. The average Bonchev–Trinajstić information content (AvgIpc) is 2.59. The molecular formula is C19H18O6. The molecule has 0 amide bonds. The standard InChI is InChI=1S/C19H18O6/c1-12(17(22)23)19(18(24)25,11-16(20)21)15-9-7-14(8-10-15)13-5-3-2-4-6-13/h2-10,12H,11H2,1H3,(H,20,21)(H,22,23)(H,24,25). The van der Waals surface area contributed by atoms with E-state index in [-0.39, 0.29) is 5.56 Å². The van der Waals surface area contributed by atoms with Crippen LogP contribution in [0.1, 0.15) is 18.9 Å². The van der Waals surface area contributed by atoms with Crippen LogP contribution in [-0.4, -0.2) is 33.2 Å². The van der Waals surface area contributed by atoms with Crippen LogP contribution >= 0.6 is 0 Å². The summed E-state index contributed by atoms with van der Waals surface area (Å²) in [5, 5.41) is 28.2. The summed E-state index contributed by atoms with van der Waals surface area (Å²) in [5.41, 5.74) is -0.161. The molecule has 6 heteroatoms. The molecule has 0 aromatic heterocycles. The third-order valence-corrected chi connectivity index (χ3v) is 4.43. The van der Waals surface area contributed by atoms with E-state index in [9.17, 15) is 24.6 Å². The van der Waals surface area contributed by atoms with Crippen LogP contribution in [-0.2, 0) is 19.8 Å². The first kappa shape index (κ1) is 18.2. The first-order valence-electron chi connectivity index (χ1n) is 7.63. The van der Waals surface area contributed by atoms with E-state index in [4.69, 9.17) is 5.11 Å². The van der Waals surface area contributed by atoms with Crippen molar-refractivity contribution < 1.29 is 29.7 Å². The molecule has 2 atom stereocenters. The van der Waals surface area contributed by atoms with Crippen LogP contribution < -0.4 is 0 Å². The highest BCUT2D eigenvalue weighted by molar-refractivity contribution is 5.92. The molecule has 6 nitrogen and oxygen atoms in total. The van der Waals surface area contributed by atoms with Crippen molar-refractivity contribution >= 4 is 17.9 Å². The predicted molar refractivity (Wildman–Crippen MR) is 90.2 cm³/mol. The second kappa shape index (κ2) is 7.17. The molecule has 2 rings (SSSR count). The van der Waals surface area contributed by atoms with Gasteiger partial charge in [0.2, 0.25) is 0 Å². The SMILES string of the molecule is CC(C(=O)O)C(CC(=O)O)(C(=O)O)c1ccc(-c2ccccc2)cc1. The minimum Gasteiger partial charge on any atom is -0.481 e. The van der Waals surface area contributed by atoms with Crippen molar-refractivity contribution in [1.82, 2.24) is 0 Å². The minimum absolute atomic E-state index is 0.150. The van der Waals surface area contributed by atoms with E-state index in [1.54, 1.807) is 12.1 Å². The number of aliphatic carboxylic acids is 3. The Balaban J connectivity index is 2.55. The van der Waals surface area contributed by atoms with E-state index in [1.807, 2.05) is 30.3 Å². The monoisotopic (exact) mass is 342 g/mol. The number of hydrogen-bond donors (Lipinski definition) is 3. The zero-order chi connectivity index (χ0) is 18.6. The van der Waals surface area contributed by atoms with Crippen LogP contribution in [0.4, 0.5) is 0 Å². The summed E-state index contributed by atoms with van der Waals surface area (Å²) in [5.74, 6) is -5.63. The minimum atomic E-state index is -2.05. The molecule has 0 spiro atoms. The van der Waals surface area contributed by atoms with E-state index in [2.05, 4.69) is 0 Å². The van der Waals surface area contributed by atoms with Gasteiger partial charge in [0.15, 0.2) is 0 Å². The molecule has 130 valence electrons. The van der Waals surface area contributed by atoms with E-state index >= 15 is 0 Å². The van der Waals surface area contributed by atoms with Crippen molar-refractivity contribution in [1.29, 1.82) is 0 Å². The second-order valence-corrected chi connectivity index (χ2v) is 5.85. The Morgan fingerprint density at radius 3 is 1.84 bits per heavy atom. The van der Waals surface area contributed by atoms with Crippen LogP contribution in [0.3, 0.4) is 0 Å². The molecule has 2 unspecified atom stereocenters. The summed E-state index contributed by atoms with van der Waals surface area (Å²) in [6.07, 6.45) is -0.819. The van der Waals surface area contributed by atoms with Gasteiger partial charge in [0, 0.05) is 0 Å². The number of carboxylic acid groups (broad SMARTS) is 3. The normalized spacial score (nSPS) is 14.3. The number of carboxylic acids is 3.